The standard InChI is InChI=1S/C22H26N2O4S.ClH/c1-15(25)28-20-21(16-9-11-17(27-4)12-10-16)29-19-8-6-5-7-18(19)24(22(20)26)14-13-23(2)3;/h5-12,20-21H,13-14H2,1-4H3;1H/t20?,21-;/m0./s1. The number of rotatable bonds is 6. The lowest BCUT2D eigenvalue weighted by atomic mass is 10.1. The van der Waals surface area contributed by atoms with E-state index in [1.165, 1.54) is 6.92 Å². The summed E-state index contributed by atoms with van der Waals surface area (Å²) in [5.41, 5.74) is 1.75. The topological polar surface area (TPSA) is 59.1 Å². The van der Waals surface area contributed by atoms with E-state index in [9.17, 15) is 9.59 Å². The fourth-order valence-electron chi connectivity index (χ4n) is 3.24. The van der Waals surface area contributed by atoms with Gasteiger partial charge >= 0.3 is 5.97 Å². The Kier molecular flexibility index (Phi) is 8.58. The molecule has 6 nitrogen and oxygen atoms in total. The van der Waals surface area contributed by atoms with Crippen LogP contribution in [0.4, 0.5) is 5.69 Å². The molecule has 0 N–H and O–H groups in total. The van der Waals surface area contributed by atoms with Crippen molar-refractivity contribution in [2.45, 2.75) is 23.2 Å². The molecule has 1 heterocycles. The third-order valence-corrected chi connectivity index (χ3v) is 6.07. The number of carbonyl (C=O) groups excluding carboxylic acids is 2. The zero-order chi connectivity index (χ0) is 21.0. The van der Waals surface area contributed by atoms with Crippen molar-refractivity contribution in [2.75, 3.05) is 39.2 Å². The highest BCUT2D eigenvalue weighted by Gasteiger charge is 2.40. The summed E-state index contributed by atoms with van der Waals surface area (Å²) in [5.74, 6) is 0.0528. The Bertz CT molecular complexity index is 876. The summed E-state index contributed by atoms with van der Waals surface area (Å²) in [6.07, 6.45) is -0.916. The summed E-state index contributed by atoms with van der Waals surface area (Å²) in [6.45, 7) is 2.55. The fourth-order valence-corrected chi connectivity index (χ4v) is 4.56. The number of halogens is 1. The first-order valence-corrected chi connectivity index (χ1v) is 10.3. The summed E-state index contributed by atoms with van der Waals surface area (Å²) in [4.78, 5) is 30.2. The van der Waals surface area contributed by atoms with Gasteiger partial charge in [0.1, 0.15) is 5.75 Å². The van der Waals surface area contributed by atoms with Crippen molar-refractivity contribution in [1.82, 2.24) is 4.90 Å². The first-order valence-electron chi connectivity index (χ1n) is 9.43. The number of amides is 1. The fraction of sp³-hybridized carbons (Fsp3) is 0.364. The SMILES string of the molecule is COc1ccc([C@@H]2Sc3ccccc3N(CCN(C)C)C(=O)C2OC(C)=O)cc1.Cl. The van der Waals surface area contributed by atoms with Gasteiger partial charge in [0, 0.05) is 24.9 Å². The Morgan fingerprint density at radius 3 is 2.40 bits per heavy atom. The van der Waals surface area contributed by atoms with Gasteiger partial charge < -0.3 is 19.3 Å². The van der Waals surface area contributed by atoms with Gasteiger partial charge in [0.25, 0.3) is 5.91 Å². The maximum atomic E-state index is 13.6. The number of hydrogen-bond acceptors (Lipinski definition) is 6. The lowest BCUT2D eigenvalue weighted by Crippen LogP contribution is -2.45. The Hall–Kier alpha value is -2.22. The van der Waals surface area contributed by atoms with Gasteiger partial charge in [-0.25, -0.2) is 0 Å². The number of carbonyl (C=O) groups is 2. The molecule has 0 saturated heterocycles. The maximum absolute atomic E-state index is 13.6. The zero-order valence-corrected chi connectivity index (χ0v) is 19.2. The van der Waals surface area contributed by atoms with Crippen molar-refractivity contribution in [3.8, 4) is 5.75 Å². The Balaban J connectivity index is 0.00000320. The molecule has 162 valence electrons. The summed E-state index contributed by atoms with van der Waals surface area (Å²) < 4.78 is 10.8. The highest BCUT2D eigenvalue weighted by atomic mass is 35.5. The van der Waals surface area contributed by atoms with Gasteiger partial charge in [-0.1, -0.05) is 24.3 Å². The molecule has 1 aliphatic heterocycles. The normalized spacial score (nSPS) is 18.3. The third-order valence-electron chi connectivity index (χ3n) is 4.70. The number of benzene rings is 2. The van der Waals surface area contributed by atoms with Crippen molar-refractivity contribution in [3.63, 3.8) is 0 Å². The molecule has 2 aromatic rings. The van der Waals surface area contributed by atoms with Crippen LogP contribution >= 0.6 is 24.2 Å². The molecule has 0 aliphatic carbocycles. The average molecular weight is 451 g/mol. The number of anilines is 1. The van der Waals surface area contributed by atoms with E-state index in [0.29, 0.717) is 13.1 Å². The Morgan fingerprint density at radius 1 is 1.13 bits per heavy atom. The number of para-hydroxylation sites is 1. The number of esters is 1. The molecule has 0 radical (unpaired) electrons. The molecule has 0 bridgehead atoms. The number of thioether (sulfide) groups is 1. The van der Waals surface area contributed by atoms with E-state index in [2.05, 4.69) is 0 Å². The predicted octanol–water partition coefficient (Wildman–Crippen LogP) is 3.79. The van der Waals surface area contributed by atoms with E-state index < -0.39 is 12.1 Å². The van der Waals surface area contributed by atoms with Gasteiger partial charge in [0.15, 0.2) is 6.10 Å². The maximum Gasteiger partial charge on any atom is 0.303 e. The van der Waals surface area contributed by atoms with E-state index in [1.54, 1.807) is 23.8 Å². The third kappa shape index (κ3) is 5.47. The minimum Gasteiger partial charge on any atom is -0.497 e. The quantitative estimate of drug-likeness (QED) is 0.624. The highest BCUT2D eigenvalue weighted by Crippen LogP contribution is 2.46. The van der Waals surface area contributed by atoms with Crippen LogP contribution in [0.3, 0.4) is 0 Å². The lowest BCUT2D eigenvalue weighted by molar-refractivity contribution is -0.152. The second-order valence-corrected chi connectivity index (χ2v) is 8.29. The largest absolute Gasteiger partial charge is 0.497 e. The van der Waals surface area contributed by atoms with Crippen molar-refractivity contribution in [1.29, 1.82) is 0 Å². The molecular formula is C22H27ClN2O4S. The van der Waals surface area contributed by atoms with E-state index in [-0.39, 0.29) is 23.6 Å². The minimum atomic E-state index is -0.916. The van der Waals surface area contributed by atoms with Gasteiger partial charge in [-0.05, 0) is 43.9 Å². The average Bonchev–Trinajstić information content (AvgIpc) is 2.81. The molecule has 1 aliphatic rings. The second-order valence-electron chi connectivity index (χ2n) is 7.10. The van der Waals surface area contributed by atoms with E-state index in [0.717, 1.165) is 21.9 Å². The summed E-state index contributed by atoms with van der Waals surface area (Å²) in [5, 5.41) is -0.359. The van der Waals surface area contributed by atoms with Crippen molar-refractivity contribution >= 4 is 41.7 Å². The van der Waals surface area contributed by atoms with E-state index in [1.807, 2.05) is 67.5 Å². The number of fused-ring (bicyclic) bond motifs is 1. The number of nitrogens with zero attached hydrogens (tertiary/aromatic N) is 2. The van der Waals surface area contributed by atoms with E-state index in [4.69, 9.17) is 9.47 Å². The predicted molar refractivity (Wildman–Crippen MR) is 122 cm³/mol. The van der Waals surface area contributed by atoms with Crippen LogP contribution in [0.15, 0.2) is 53.4 Å². The number of ether oxygens (including phenoxy) is 2. The van der Waals surface area contributed by atoms with Crippen LogP contribution in [0.1, 0.15) is 17.7 Å². The molecule has 1 unspecified atom stereocenters. The molecule has 2 atom stereocenters. The zero-order valence-electron chi connectivity index (χ0n) is 17.5. The van der Waals surface area contributed by atoms with Crippen LogP contribution in [0.25, 0.3) is 0 Å². The molecule has 0 saturated carbocycles. The molecule has 8 heteroatoms. The van der Waals surface area contributed by atoms with Crippen LogP contribution in [-0.4, -0.2) is 57.2 Å². The Morgan fingerprint density at radius 2 is 1.80 bits per heavy atom. The molecule has 3 rings (SSSR count). The summed E-state index contributed by atoms with van der Waals surface area (Å²) in [6, 6.07) is 15.4. The number of methoxy groups -OCH3 is 1. The Labute approximate surface area is 187 Å². The summed E-state index contributed by atoms with van der Waals surface area (Å²) in [7, 11) is 5.54. The number of likely N-dealkylation sites (N-methyl/N-ethyl adjacent to an activating group) is 1. The monoisotopic (exact) mass is 450 g/mol. The molecule has 30 heavy (non-hydrogen) atoms. The molecule has 0 fully saturated rings. The first kappa shape index (κ1) is 24.1. The van der Waals surface area contributed by atoms with Crippen LogP contribution < -0.4 is 9.64 Å². The van der Waals surface area contributed by atoms with Gasteiger partial charge in [0.05, 0.1) is 18.0 Å². The van der Waals surface area contributed by atoms with Crippen LogP contribution in [0, 0.1) is 0 Å². The summed E-state index contributed by atoms with van der Waals surface area (Å²) >= 11 is 1.54. The first-order chi connectivity index (χ1) is 13.9. The highest BCUT2D eigenvalue weighted by molar-refractivity contribution is 7.99. The second kappa shape index (κ2) is 10.7. The van der Waals surface area contributed by atoms with Crippen molar-refractivity contribution < 1.29 is 19.1 Å². The van der Waals surface area contributed by atoms with Crippen molar-refractivity contribution in [3.05, 3.63) is 54.1 Å². The van der Waals surface area contributed by atoms with Crippen LogP contribution in [0.5, 0.6) is 5.75 Å². The van der Waals surface area contributed by atoms with E-state index >= 15 is 0 Å². The molecule has 1 amide bonds. The van der Waals surface area contributed by atoms with Gasteiger partial charge in [0.2, 0.25) is 0 Å². The smallest absolute Gasteiger partial charge is 0.303 e. The van der Waals surface area contributed by atoms with Gasteiger partial charge in [-0.2, -0.15) is 0 Å². The minimum absolute atomic E-state index is 0. The van der Waals surface area contributed by atoms with Crippen molar-refractivity contribution in [2.24, 2.45) is 0 Å². The lowest BCUT2D eigenvalue weighted by Gasteiger charge is -2.28. The van der Waals surface area contributed by atoms with Crippen LogP contribution in [0.2, 0.25) is 0 Å². The molecule has 0 aromatic heterocycles. The molecule has 2 aromatic carbocycles. The van der Waals surface area contributed by atoms with Gasteiger partial charge in [-0.3, -0.25) is 9.59 Å². The van der Waals surface area contributed by atoms with Gasteiger partial charge in [-0.15, -0.1) is 24.2 Å². The molecule has 0 spiro atoms. The molecular weight excluding hydrogens is 424 g/mol. The van der Waals surface area contributed by atoms with Crippen LogP contribution in [-0.2, 0) is 14.3 Å². The number of hydrogen-bond donors (Lipinski definition) is 0.